The Hall–Kier alpha value is -2.29. The van der Waals surface area contributed by atoms with E-state index in [9.17, 15) is 0 Å². The minimum absolute atomic E-state index is 0.0410. The molecular formula is C17H16N2O. The molecule has 0 radical (unpaired) electrons. The molecule has 0 saturated heterocycles. The molecule has 0 bridgehead atoms. The van der Waals surface area contributed by atoms with Crippen LogP contribution in [0.3, 0.4) is 0 Å². The number of oxazole rings is 1. The van der Waals surface area contributed by atoms with Gasteiger partial charge in [-0.05, 0) is 55.2 Å². The second kappa shape index (κ2) is 3.85. The number of aryl methyl sites for hydroxylation is 1. The van der Waals surface area contributed by atoms with Crippen LogP contribution in [0, 0.1) is 6.92 Å². The summed E-state index contributed by atoms with van der Waals surface area (Å²) < 4.78 is 5.99. The molecule has 1 aliphatic carbocycles. The van der Waals surface area contributed by atoms with Crippen molar-refractivity contribution in [2.24, 2.45) is 0 Å². The standard InChI is InChI=1S/C17H16N2O/c1-11-2-7-15-14(10-11)19-16(20-15)17(8-9-17)12-3-5-13(18)6-4-12/h2-7,10H,8-9,18H2,1H3. The van der Waals surface area contributed by atoms with E-state index in [1.807, 2.05) is 18.2 Å². The van der Waals surface area contributed by atoms with Gasteiger partial charge >= 0.3 is 0 Å². The van der Waals surface area contributed by atoms with Gasteiger partial charge in [-0.2, -0.15) is 0 Å². The molecule has 3 nitrogen and oxygen atoms in total. The van der Waals surface area contributed by atoms with Gasteiger partial charge in [0, 0.05) is 5.69 Å². The van der Waals surface area contributed by atoms with Crippen molar-refractivity contribution in [2.75, 3.05) is 5.73 Å². The molecule has 2 aromatic carbocycles. The highest BCUT2D eigenvalue weighted by Gasteiger charge is 2.50. The van der Waals surface area contributed by atoms with E-state index >= 15 is 0 Å². The van der Waals surface area contributed by atoms with Crippen molar-refractivity contribution in [2.45, 2.75) is 25.2 Å². The van der Waals surface area contributed by atoms with Crippen molar-refractivity contribution < 1.29 is 4.42 Å². The molecule has 4 rings (SSSR count). The summed E-state index contributed by atoms with van der Waals surface area (Å²) in [5.41, 5.74) is 10.8. The molecule has 0 unspecified atom stereocenters. The molecule has 100 valence electrons. The molecule has 2 N–H and O–H groups in total. The van der Waals surface area contributed by atoms with Crippen LogP contribution in [0.25, 0.3) is 11.1 Å². The monoisotopic (exact) mass is 264 g/mol. The minimum atomic E-state index is -0.0410. The maximum Gasteiger partial charge on any atom is 0.206 e. The summed E-state index contributed by atoms with van der Waals surface area (Å²) in [5.74, 6) is 0.836. The Balaban J connectivity index is 1.83. The summed E-state index contributed by atoms with van der Waals surface area (Å²) in [7, 11) is 0. The molecule has 1 fully saturated rings. The molecule has 0 spiro atoms. The summed E-state index contributed by atoms with van der Waals surface area (Å²) in [6.07, 6.45) is 2.17. The molecule has 1 aromatic heterocycles. The number of benzene rings is 2. The van der Waals surface area contributed by atoms with Crippen molar-refractivity contribution in [3.05, 3.63) is 59.5 Å². The van der Waals surface area contributed by atoms with E-state index in [0.29, 0.717) is 0 Å². The van der Waals surface area contributed by atoms with Crippen LogP contribution in [0.4, 0.5) is 5.69 Å². The first-order chi connectivity index (χ1) is 9.67. The van der Waals surface area contributed by atoms with Gasteiger partial charge in [-0.3, -0.25) is 0 Å². The normalized spacial score (nSPS) is 16.4. The lowest BCUT2D eigenvalue weighted by molar-refractivity contribution is 0.492. The van der Waals surface area contributed by atoms with Gasteiger partial charge in [-0.1, -0.05) is 18.2 Å². The highest BCUT2D eigenvalue weighted by Crippen LogP contribution is 2.53. The van der Waals surface area contributed by atoms with E-state index in [0.717, 1.165) is 35.5 Å². The van der Waals surface area contributed by atoms with Crippen molar-refractivity contribution in [3.8, 4) is 0 Å². The quantitative estimate of drug-likeness (QED) is 0.716. The van der Waals surface area contributed by atoms with Crippen molar-refractivity contribution in [3.63, 3.8) is 0 Å². The number of anilines is 1. The van der Waals surface area contributed by atoms with Gasteiger partial charge in [0.15, 0.2) is 5.58 Å². The maximum atomic E-state index is 5.99. The average molecular weight is 264 g/mol. The van der Waals surface area contributed by atoms with Crippen molar-refractivity contribution >= 4 is 16.8 Å². The molecule has 1 saturated carbocycles. The maximum absolute atomic E-state index is 5.99. The lowest BCUT2D eigenvalue weighted by atomic mass is 9.96. The average Bonchev–Trinajstić information content (AvgIpc) is 3.14. The number of nitrogens with two attached hydrogens (primary N) is 1. The highest BCUT2D eigenvalue weighted by molar-refractivity contribution is 5.74. The van der Waals surface area contributed by atoms with Crippen LogP contribution >= 0.6 is 0 Å². The van der Waals surface area contributed by atoms with Gasteiger partial charge in [0.05, 0.1) is 5.41 Å². The van der Waals surface area contributed by atoms with E-state index in [1.165, 1.54) is 11.1 Å². The fourth-order valence-electron chi connectivity index (χ4n) is 2.80. The molecule has 1 heterocycles. The first-order valence-corrected chi connectivity index (χ1v) is 6.91. The van der Waals surface area contributed by atoms with E-state index in [-0.39, 0.29) is 5.41 Å². The van der Waals surface area contributed by atoms with Crippen LogP contribution in [0.15, 0.2) is 46.9 Å². The predicted octanol–water partition coefficient (Wildman–Crippen LogP) is 3.80. The van der Waals surface area contributed by atoms with Crippen LogP contribution in [-0.4, -0.2) is 4.98 Å². The van der Waals surface area contributed by atoms with E-state index in [4.69, 9.17) is 15.1 Å². The Morgan fingerprint density at radius 3 is 2.55 bits per heavy atom. The largest absolute Gasteiger partial charge is 0.440 e. The Kier molecular flexibility index (Phi) is 2.22. The summed E-state index contributed by atoms with van der Waals surface area (Å²) >= 11 is 0. The summed E-state index contributed by atoms with van der Waals surface area (Å²) in [5, 5.41) is 0. The number of nitrogen functional groups attached to an aromatic ring is 1. The SMILES string of the molecule is Cc1ccc2oc(C3(c4ccc(N)cc4)CC3)nc2c1. The van der Waals surface area contributed by atoms with Gasteiger partial charge in [0.1, 0.15) is 5.52 Å². The second-order valence-corrected chi connectivity index (χ2v) is 5.69. The zero-order valence-corrected chi connectivity index (χ0v) is 11.4. The second-order valence-electron chi connectivity index (χ2n) is 5.69. The third-order valence-electron chi connectivity index (χ3n) is 4.17. The zero-order chi connectivity index (χ0) is 13.7. The third-order valence-corrected chi connectivity index (χ3v) is 4.17. The summed E-state index contributed by atoms with van der Waals surface area (Å²) in [6, 6.07) is 14.2. The molecule has 3 heteroatoms. The van der Waals surface area contributed by atoms with E-state index in [1.54, 1.807) is 0 Å². The molecule has 3 aromatic rings. The molecule has 20 heavy (non-hydrogen) atoms. The van der Waals surface area contributed by atoms with E-state index < -0.39 is 0 Å². The number of hydrogen-bond donors (Lipinski definition) is 1. The van der Waals surface area contributed by atoms with Crippen LogP contribution in [-0.2, 0) is 5.41 Å². The number of nitrogens with zero attached hydrogens (tertiary/aromatic N) is 1. The van der Waals surface area contributed by atoms with Crippen LogP contribution in [0.2, 0.25) is 0 Å². The number of hydrogen-bond acceptors (Lipinski definition) is 3. The Labute approximate surface area is 117 Å². The molecule has 0 amide bonds. The van der Waals surface area contributed by atoms with Crippen LogP contribution < -0.4 is 5.73 Å². The molecule has 0 atom stereocenters. The van der Waals surface area contributed by atoms with E-state index in [2.05, 4.69) is 31.2 Å². The smallest absolute Gasteiger partial charge is 0.206 e. The predicted molar refractivity (Wildman–Crippen MR) is 79.6 cm³/mol. The van der Waals surface area contributed by atoms with Crippen molar-refractivity contribution in [1.29, 1.82) is 0 Å². The Morgan fingerprint density at radius 1 is 1.10 bits per heavy atom. The fourth-order valence-corrected chi connectivity index (χ4v) is 2.80. The Bertz CT molecular complexity index is 782. The first-order valence-electron chi connectivity index (χ1n) is 6.91. The molecule has 1 aliphatic rings. The third kappa shape index (κ3) is 1.63. The Morgan fingerprint density at radius 2 is 1.85 bits per heavy atom. The van der Waals surface area contributed by atoms with Gasteiger partial charge in [-0.15, -0.1) is 0 Å². The minimum Gasteiger partial charge on any atom is -0.440 e. The number of aromatic nitrogens is 1. The molecule has 0 aliphatic heterocycles. The van der Waals surface area contributed by atoms with Gasteiger partial charge in [0.2, 0.25) is 5.89 Å². The van der Waals surface area contributed by atoms with Crippen LogP contribution in [0.1, 0.15) is 29.9 Å². The number of rotatable bonds is 2. The van der Waals surface area contributed by atoms with Gasteiger partial charge in [-0.25, -0.2) is 4.98 Å². The lowest BCUT2D eigenvalue weighted by Gasteiger charge is -2.11. The first kappa shape index (κ1) is 11.5. The van der Waals surface area contributed by atoms with Gasteiger partial charge < -0.3 is 10.2 Å². The summed E-state index contributed by atoms with van der Waals surface area (Å²) in [4.78, 5) is 4.71. The summed E-state index contributed by atoms with van der Waals surface area (Å²) in [6.45, 7) is 2.07. The zero-order valence-electron chi connectivity index (χ0n) is 11.4. The highest BCUT2D eigenvalue weighted by atomic mass is 16.3. The van der Waals surface area contributed by atoms with Gasteiger partial charge in [0.25, 0.3) is 0 Å². The number of fused-ring (bicyclic) bond motifs is 1. The topological polar surface area (TPSA) is 52.0 Å². The van der Waals surface area contributed by atoms with Crippen LogP contribution in [0.5, 0.6) is 0 Å². The fraction of sp³-hybridized carbons (Fsp3) is 0.235. The molecular weight excluding hydrogens is 248 g/mol. The van der Waals surface area contributed by atoms with Crippen molar-refractivity contribution in [1.82, 2.24) is 4.98 Å². The lowest BCUT2D eigenvalue weighted by Crippen LogP contribution is -2.08.